The van der Waals surface area contributed by atoms with E-state index in [4.69, 9.17) is 29.5 Å². The van der Waals surface area contributed by atoms with Gasteiger partial charge in [0.15, 0.2) is 0 Å². The number of phosphoric acid groups is 1. The summed E-state index contributed by atoms with van der Waals surface area (Å²) in [6.45, 7) is 3.44. The monoisotopic (exact) mass is 212 g/mol. The van der Waals surface area contributed by atoms with E-state index in [0.29, 0.717) is 0 Å². The van der Waals surface area contributed by atoms with Gasteiger partial charge in [-0.2, -0.15) is 0 Å². The zero-order valence-corrected chi connectivity index (χ0v) is 10.5. The van der Waals surface area contributed by atoms with Gasteiger partial charge < -0.3 is 24.9 Å². The van der Waals surface area contributed by atoms with Gasteiger partial charge in [0.25, 0.3) is 7.82 Å². The van der Waals surface area contributed by atoms with Crippen LogP contribution in [0.15, 0.2) is 0 Å². The number of aliphatic hydroxyl groups excluding tert-OH is 2. The molecule has 0 spiro atoms. The van der Waals surface area contributed by atoms with Crippen LogP contribution < -0.4 is 34.5 Å². The second-order valence-electron chi connectivity index (χ2n) is 1.58. The van der Waals surface area contributed by atoms with Gasteiger partial charge in [0.2, 0.25) is 0 Å². The van der Waals surface area contributed by atoms with Gasteiger partial charge in [-0.3, -0.25) is 4.57 Å². The smallest absolute Gasteiger partial charge is 0.756 e. The first-order chi connectivity index (χ1) is 4.73. The summed E-state index contributed by atoms with van der Waals surface area (Å²) >= 11 is 0. The van der Waals surface area contributed by atoms with E-state index in [9.17, 15) is 0 Å². The maximum Gasteiger partial charge on any atom is 1.00 e. The third kappa shape index (κ3) is 1050. The van der Waals surface area contributed by atoms with E-state index < -0.39 is 7.82 Å². The van der Waals surface area contributed by atoms with Gasteiger partial charge in [-0.1, -0.05) is 0 Å². The van der Waals surface area contributed by atoms with Crippen LogP contribution in [0.25, 0.3) is 0 Å². The van der Waals surface area contributed by atoms with Gasteiger partial charge >= 0.3 is 29.6 Å². The van der Waals surface area contributed by atoms with E-state index >= 15 is 0 Å². The Morgan fingerprint density at radius 3 is 1.25 bits per heavy atom. The summed E-state index contributed by atoms with van der Waals surface area (Å²) in [5, 5.41) is 15.1. The Labute approximate surface area is 93.8 Å². The number of hydrogen-bond acceptors (Lipinski definition) is 4. The molecule has 0 saturated heterocycles. The number of hydrogen-bond donors (Lipinski definition) is 4. The Kier molecular flexibility index (Phi) is 28.0. The summed E-state index contributed by atoms with van der Waals surface area (Å²) in [6.07, 6.45) is -0.167. The Balaban J connectivity index is -0.0000000419. The molecule has 12 heavy (non-hydrogen) atoms. The Hall–Kier alpha value is 1.03. The summed E-state index contributed by atoms with van der Waals surface area (Å²) in [5.74, 6) is 0. The van der Waals surface area contributed by atoms with Crippen molar-refractivity contribution in [3.05, 3.63) is 0 Å². The molecule has 8 heteroatoms. The van der Waals surface area contributed by atoms with Crippen LogP contribution in [0, 0.1) is 0 Å². The summed E-state index contributed by atoms with van der Waals surface area (Å²) in [5.41, 5.74) is 0. The molecule has 0 aromatic rings. The second-order valence-corrected chi connectivity index (χ2v) is 2.57. The molecule has 0 aromatic carbocycles. The van der Waals surface area contributed by atoms with Crippen molar-refractivity contribution >= 4 is 7.82 Å². The number of aliphatic hydroxyl groups is 2. The molecule has 0 aliphatic carbocycles. The van der Waals surface area contributed by atoms with E-state index in [1.807, 2.05) is 0 Å². The van der Waals surface area contributed by atoms with Crippen LogP contribution in [0.5, 0.6) is 0 Å². The number of rotatable bonds is 0. The van der Waals surface area contributed by atoms with Crippen LogP contribution >= 0.6 is 7.82 Å². The van der Waals surface area contributed by atoms with Crippen LogP contribution in [0.1, 0.15) is 13.8 Å². The molecular weight excluding hydrogens is 198 g/mol. The predicted molar refractivity (Wildman–Crippen MR) is 37.5 cm³/mol. The molecule has 0 saturated carbocycles. The first-order valence-electron chi connectivity index (χ1n) is 2.63. The third-order valence-electron chi connectivity index (χ3n) is 0. The van der Waals surface area contributed by atoms with E-state index in [1.165, 1.54) is 0 Å². The standard InChI is InChI=1S/C3H8O.CH4O.Na.H3O4P/c1-3(2)4;1-2;;1-5(2,3)4/h3-4H,1-2H3;2H,1H3;;(H3,1,2,3,4)/q;;+1;/p-1. The maximum atomic E-state index is 8.77. The van der Waals surface area contributed by atoms with Crippen molar-refractivity contribution in [1.29, 1.82) is 0 Å². The van der Waals surface area contributed by atoms with Gasteiger partial charge in [-0.05, 0) is 13.8 Å². The third-order valence-corrected chi connectivity index (χ3v) is 0. The molecule has 4 N–H and O–H groups in total. The van der Waals surface area contributed by atoms with E-state index in [-0.39, 0.29) is 35.7 Å². The Bertz CT molecular complexity index is 90.7. The second kappa shape index (κ2) is 14.5. The van der Waals surface area contributed by atoms with Gasteiger partial charge in [0, 0.05) is 13.2 Å². The van der Waals surface area contributed by atoms with E-state index in [2.05, 4.69) is 0 Å². The fourth-order valence-electron chi connectivity index (χ4n) is 0. The molecule has 0 aromatic heterocycles. The molecule has 0 heterocycles. The summed E-state index contributed by atoms with van der Waals surface area (Å²) < 4.78 is 8.77. The summed E-state index contributed by atoms with van der Waals surface area (Å²) in [7, 11) is -3.89. The van der Waals surface area contributed by atoms with Crippen LogP contribution in [0.4, 0.5) is 0 Å². The van der Waals surface area contributed by atoms with Gasteiger partial charge in [-0.25, -0.2) is 0 Å². The molecule has 72 valence electrons. The molecule has 0 radical (unpaired) electrons. The zero-order chi connectivity index (χ0) is 10.1. The molecular formula is C4H14NaO6P. The zero-order valence-electron chi connectivity index (χ0n) is 7.63. The maximum absolute atomic E-state index is 8.77. The topological polar surface area (TPSA) is 121 Å². The van der Waals surface area contributed by atoms with Crippen LogP contribution in [0.3, 0.4) is 0 Å². The van der Waals surface area contributed by atoms with Crippen molar-refractivity contribution in [2.24, 2.45) is 0 Å². The fraction of sp³-hybridized carbons (Fsp3) is 1.00. The summed E-state index contributed by atoms with van der Waals surface area (Å²) in [4.78, 5) is 22.9. The van der Waals surface area contributed by atoms with Crippen molar-refractivity contribution in [2.45, 2.75) is 20.0 Å². The molecule has 0 aliphatic heterocycles. The normalized spacial score (nSPS) is 8.42. The van der Waals surface area contributed by atoms with Crippen molar-refractivity contribution in [2.75, 3.05) is 7.11 Å². The van der Waals surface area contributed by atoms with E-state index in [1.54, 1.807) is 13.8 Å². The van der Waals surface area contributed by atoms with Gasteiger partial charge in [0.05, 0.1) is 0 Å². The molecule has 0 aliphatic rings. The predicted octanol–water partition coefficient (Wildman–Crippen LogP) is -4.56. The quantitative estimate of drug-likeness (QED) is 0.237. The van der Waals surface area contributed by atoms with Gasteiger partial charge in [-0.15, -0.1) is 0 Å². The molecule has 0 rings (SSSR count). The van der Waals surface area contributed by atoms with Crippen LogP contribution in [-0.4, -0.2) is 33.2 Å². The molecule has 0 fully saturated rings. The first-order valence-corrected chi connectivity index (χ1v) is 4.16. The molecule has 0 amide bonds. The molecule has 6 nitrogen and oxygen atoms in total. The largest absolute Gasteiger partial charge is 1.00 e. The molecule has 0 atom stereocenters. The Morgan fingerprint density at radius 1 is 1.25 bits per heavy atom. The fourth-order valence-corrected chi connectivity index (χ4v) is 0. The van der Waals surface area contributed by atoms with E-state index in [0.717, 1.165) is 7.11 Å². The summed E-state index contributed by atoms with van der Waals surface area (Å²) in [6, 6.07) is 0. The minimum absolute atomic E-state index is 0. The molecule has 0 bridgehead atoms. The average molecular weight is 212 g/mol. The average Bonchev–Trinajstić information content (AvgIpc) is 1.63. The SMILES string of the molecule is CC(C)O.CO.O=P([O-])(O)O.[Na+]. The van der Waals surface area contributed by atoms with Crippen molar-refractivity contribution < 1.29 is 59.0 Å². The molecule has 0 unspecified atom stereocenters. The minimum Gasteiger partial charge on any atom is -0.756 e. The van der Waals surface area contributed by atoms with Crippen LogP contribution in [-0.2, 0) is 4.57 Å². The van der Waals surface area contributed by atoms with Gasteiger partial charge in [0.1, 0.15) is 0 Å². The Morgan fingerprint density at radius 2 is 1.25 bits per heavy atom. The van der Waals surface area contributed by atoms with Crippen molar-refractivity contribution in [1.82, 2.24) is 0 Å². The van der Waals surface area contributed by atoms with Crippen LogP contribution in [0.2, 0.25) is 0 Å². The minimum atomic E-state index is -4.89. The first kappa shape index (κ1) is 23.1. The van der Waals surface area contributed by atoms with Crippen molar-refractivity contribution in [3.8, 4) is 0 Å². The van der Waals surface area contributed by atoms with Crippen molar-refractivity contribution in [3.63, 3.8) is 0 Å².